The van der Waals surface area contributed by atoms with Crippen LogP contribution in [0.1, 0.15) is 213 Å². The molecular formula is C49H93NO8P+. The third-order valence-electron chi connectivity index (χ3n) is 10.4. The van der Waals surface area contributed by atoms with Gasteiger partial charge in [0.15, 0.2) is 6.10 Å². The molecule has 0 aromatic carbocycles. The van der Waals surface area contributed by atoms with E-state index in [9.17, 15) is 19.0 Å². The van der Waals surface area contributed by atoms with E-state index >= 15 is 0 Å². The fraction of sp³-hybridized carbons (Fsp3) is 0.837. The SMILES string of the molecule is CCCCC/C=C\C/C=C\C/C=C\CCCCCCC(=O)OC[C@H](COP(=O)(O)OCC[N+](C)(C)C)OC(=O)CCCCCCCCCCCCCCCCCCCC. The van der Waals surface area contributed by atoms with E-state index in [4.69, 9.17) is 18.5 Å². The van der Waals surface area contributed by atoms with Crippen molar-refractivity contribution < 1.29 is 42.1 Å². The van der Waals surface area contributed by atoms with E-state index < -0.39 is 26.5 Å². The maximum absolute atomic E-state index is 12.7. The maximum atomic E-state index is 12.7. The number of phosphoric ester groups is 1. The topological polar surface area (TPSA) is 108 Å². The zero-order valence-corrected chi connectivity index (χ0v) is 39.9. The van der Waals surface area contributed by atoms with Gasteiger partial charge in [0, 0.05) is 12.8 Å². The number of carbonyl (C=O) groups is 2. The molecule has 0 rings (SSSR count). The van der Waals surface area contributed by atoms with Gasteiger partial charge in [-0.25, -0.2) is 4.57 Å². The summed E-state index contributed by atoms with van der Waals surface area (Å²) in [6.45, 7) is 4.39. The summed E-state index contributed by atoms with van der Waals surface area (Å²) in [5, 5.41) is 0. The summed E-state index contributed by atoms with van der Waals surface area (Å²) in [5.41, 5.74) is 0. The molecule has 346 valence electrons. The molecular weight excluding hydrogens is 762 g/mol. The van der Waals surface area contributed by atoms with Crippen LogP contribution in [0.3, 0.4) is 0 Å². The van der Waals surface area contributed by atoms with E-state index in [1.165, 1.54) is 122 Å². The van der Waals surface area contributed by atoms with Crippen molar-refractivity contribution in [2.45, 2.75) is 219 Å². The number of unbranched alkanes of at least 4 members (excludes halogenated alkanes) is 24. The van der Waals surface area contributed by atoms with Gasteiger partial charge in [0.1, 0.15) is 19.8 Å². The molecule has 0 saturated heterocycles. The molecule has 0 aliphatic carbocycles. The van der Waals surface area contributed by atoms with Crippen molar-refractivity contribution in [3.8, 4) is 0 Å². The quantitative estimate of drug-likeness (QED) is 0.0212. The molecule has 0 aliphatic rings. The number of nitrogens with zero attached hydrogens (tertiary/aromatic N) is 1. The van der Waals surface area contributed by atoms with Gasteiger partial charge in [-0.1, -0.05) is 185 Å². The first-order valence-corrected chi connectivity index (χ1v) is 25.7. The number of rotatable bonds is 44. The highest BCUT2D eigenvalue weighted by atomic mass is 31.2. The first-order valence-electron chi connectivity index (χ1n) is 24.2. The predicted molar refractivity (Wildman–Crippen MR) is 247 cm³/mol. The molecule has 0 heterocycles. The predicted octanol–water partition coefficient (Wildman–Crippen LogP) is 14.1. The van der Waals surface area contributed by atoms with Crippen LogP contribution >= 0.6 is 7.82 Å². The van der Waals surface area contributed by atoms with Crippen molar-refractivity contribution in [1.29, 1.82) is 0 Å². The Hall–Kier alpha value is -1.77. The number of hydrogen-bond acceptors (Lipinski definition) is 7. The van der Waals surface area contributed by atoms with Crippen LogP contribution in [0, 0.1) is 0 Å². The van der Waals surface area contributed by atoms with Crippen LogP contribution in [0.25, 0.3) is 0 Å². The summed E-state index contributed by atoms with van der Waals surface area (Å²) >= 11 is 0. The molecule has 2 atom stereocenters. The highest BCUT2D eigenvalue weighted by Gasteiger charge is 2.27. The molecule has 59 heavy (non-hydrogen) atoms. The number of esters is 2. The van der Waals surface area contributed by atoms with Gasteiger partial charge in [0.25, 0.3) is 0 Å². The molecule has 0 aromatic rings. The molecule has 0 bridgehead atoms. The molecule has 0 spiro atoms. The summed E-state index contributed by atoms with van der Waals surface area (Å²) in [6, 6.07) is 0. The lowest BCUT2D eigenvalue weighted by molar-refractivity contribution is -0.870. The van der Waals surface area contributed by atoms with Crippen molar-refractivity contribution in [2.75, 3.05) is 47.5 Å². The van der Waals surface area contributed by atoms with E-state index in [2.05, 4.69) is 50.3 Å². The van der Waals surface area contributed by atoms with Gasteiger partial charge < -0.3 is 18.9 Å². The largest absolute Gasteiger partial charge is 0.472 e. The normalized spacial score (nSPS) is 13.8. The lowest BCUT2D eigenvalue weighted by Crippen LogP contribution is -2.37. The van der Waals surface area contributed by atoms with Gasteiger partial charge in [-0.15, -0.1) is 0 Å². The monoisotopic (exact) mass is 855 g/mol. The zero-order valence-electron chi connectivity index (χ0n) is 39.0. The molecule has 1 N–H and O–H groups in total. The Labute approximate surface area is 363 Å². The van der Waals surface area contributed by atoms with E-state index in [0.717, 1.165) is 51.4 Å². The van der Waals surface area contributed by atoms with Crippen LogP contribution in [-0.4, -0.2) is 74.9 Å². The Kier molecular flexibility index (Phi) is 40.3. The van der Waals surface area contributed by atoms with Crippen LogP contribution in [0.5, 0.6) is 0 Å². The van der Waals surface area contributed by atoms with E-state index in [1.54, 1.807) is 0 Å². The van der Waals surface area contributed by atoms with Gasteiger partial charge in [0.05, 0.1) is 27.7 Å². The number of carbonyl (C=O) groups excluding carboxylic acids is 2. The second-order valence-corrected chi connectivity index (χ2v) is 19.0. The number of ether oxygens (including phenoxy) is 2. The Balaban J connectivity index is 4.32. The lowest BCUT2D eigenvalue weighted by atomic mass is 10.0. The molecule has 9 nitrogen and oxygen atoms in total. The summed E-state index contributed by atoms with van der Waals surface area (Å²) < 4.78 is 34.4. The Morgan fingerprint density at radius 3 is 1.39 bits per heavy atom. The maximum Gasteiger partial charge on any atom is 0.472 e. The van der Waals surface area contributed by atoms with Crippen LogP contribution in [0.15, 0.2) is 36.5 Å². The van der Waals surface area contributed by atoms with Crippen LogP contribution in [-0.2, 0) is 32.7 Å². The summed E-state index contributed by atoms with van der Waals surface area (Å²) in [5.74, 6) is -0.816. The highest BCUT2D eigenvalue weighted by molar-refractivity contribution is 7.47. The number of phosphoric acid groups is 1. The fourth-order valence-corrected chi connectivity index (χ4v) is 7.35. The van der Waals surface area contributed by atoms with Crippen LogP contribution in [0.2, 0.25) is 0 Å². The molecule has 0 radical (unpaired) electrons. The van der Waals surface area contributed by atoms with Gasteiger partial charge in [-0.05, 0) is 51.4 Å². The average Bonchev–Trinajstić information content (AvgIpc) is 3.19. The summed E-state index contributed by atoms with van der Waals surface area (Å²) in [6.07, 6.45) is 47.6. The van der Waals surface area contributed by atoms with Gasteiger partial charge in [-0.2, -0.15) is 0 Å². The van der Waals surface area contributed by atoms with Gasteiger partial charge in [-0.3, -0.25) is 18.6 Å². The molecule has 0 aromatic heterocycles. The molecule has 0 aliphatic heterocycles. The van der Waals surface area contributed by atoms with Gasteiger partial charge >= 0.3 is 19.8 Å². The minimum atomic E-state index is -4.38. The lowest BCUT2D eigenvalue weighted by Gasteiger charge is -2.24. The molecule has 0 fully saturated rings. The number of quaternary nitrogens is 1. The Bertz CT molecular complexity index is 1100. The first kappa shape index (κ1) is 57.2. The Morgan fingerprint density at radius 2 is 0.915 bits per heavy atom. The average molecular weight is 855 g/mol. The first-order chi connectivity index (χ1) is 28.5. The summed E-state index contributed by atoms with van der Waals surface area (Å²) in [4.78, 5) is 35.5. The zero-order chi connectivity index (χ0) is 43.6. The fourth-order valence-electron chi connectivity index (χ4n) is 6.61. The van der Waals surface area contributed by atoms with Crippen molar-refractivity contribution >= 4 is 19.8 Å². The Morgan fingerprint density at radius 1 is 0.525 bits per heavy atom. The molecule has 10 heteroatoms. The minimum Gasteiger partial charge on any atom is -0.462 e. The number of likely N-dealkylation sites (N-methyl/N-ethyl adjacent to an activating group) is 1. The van der Waals surface area contributed by atoms with E-state index in [-0.39, 0.29) is 32.0 Å². The minimum absolute atomic E-state index is 0.0288. The third-order valence-corrected chi connectivity index (χ3v) is 11.4. The standard InChI is InChI=1S/C49H92NO8P/c1-6-8-10-12-14-16-18-20-22-24-26-28-30-32-34-36-38-40-42-49(52)58-47(46-57-59(53,54)56-44-43-50(3,4)5)45-55-48(51)41-39-37-35-33-31-29-27-25-23-21-19-17-15-13-11-9-7-2/h15,17,21,23,27,29,47H,6-14,16,18-20,22,24-26,28,30-46H2,1-5H3/p+1/b17-15-,23-21-,29-27-/t47-/m1/s1. The number of allylic oxidation sites excluding steroid dienone is 6. The van der Waals surface area contributed by atoms with Crippen molar-refractivity contribution in [3.05, 3.63) is 36.5 Å². The van der Waals surface area contributed by atoms with Crippen LogP contribution < -0.4 is 0 Å². The smallest absolute Gasteiger partial charge is 0.462 e. The molecule has 0 amide bonds. The third kappa shape index (κ3) is 45.6. The second-order valence-electron chi connectivity index (χ2n) is 17.5. The van der Waals surface area contributed by atoms with Gasteiger partial charge in [0.2, 0.25) is 0 Å². The molecule has 1 unspecified atom stereocenters. The van der Waals surface area contributed by atoms with E-state index in [1.807, 2.05) is 21.1 Å². The molecule has 0 saturated carbocycles. The highest BCUT2D eigenvalue weighted by Crippen LogP contribution is 2.43. The van der Waals surface area contributed by atoms with Crippen molar-refractivity contribution in [2.24, 2.45) is 0 Å². The number of hydrogen-bond donors (Lipinski definition) is 1. The van der Waals surface area contributed by atoms with Crippen molar-refractivity contribution in [3.63, 3.8) is 0 Å². The van der Waals surface area contributed by atoms with Crippen LogP contribution in [0.4, 0.5) is 0 Å². The summed E-state index contributed by atoms with van der Waals surface area (Å²) in [7, 11) is 1.47. The second kappa shape index (κ2) is 41.6. The van der Waals surface area contributed by atoms with E-state index in [0.29, 0.717) is 23.9 Å². The van der Waals surface area contributed by atoms with Crippen molar-refractivity contribution in [1.82, 2.24) is 0 Å².